The maximum atomic E-state index is 12.0. The summed E-state index contributed by atoms with van der Waals surface area (Å²) in [5.74, 6) is 2.01. The predicted octanol–water partition coefficient (Wildman–Crippen LogP) is 0.279. The van der Waals surface area contributed by atoms with Crippen LogP contribution in [0.5, 0.6) is 0 Å². The Morgan fingerprint density at radius 2 is 1.69 bits per heavy atom. The van der Waals surface area contributed by atoms with Crippen LogP contribution in [0.4, 0.5) is 13.2 Å². The van der Waals surface area contributed by atoms with Crippen molar-refractivity contribution in [2.75, 3.05) is 0 Å². The number of benzene rings is 1. The summed E-state index contributed by atoms with van der Waals surface area (Å²) in [6.45, 7) is 0. The Kier molecular flexibility index (Phi) is 3.21. The van der Waals surface area contributed by atoms with Crippen LogP contribution in [0.25, 0.3) is 5.41 Å². The van der Waals surface area contributed by atoms with Crippen molar-refractivity contribution in [1.82, 2.24) is 0 Å². The van der Waals surface area contributed by atoms with Gasteiger partial charge >= 0.3 is 5.51 Å². The van der Waals surface area contributed by atoms with Gasteiger partial charge in [-0.2, -0.15) is 13.2 Å². The number of hydrogen-bond acceptors (Lipinski definition) is 3. The zero-order valence-electron chi connectivity index (χ0n) is 7.75. The normalized spacial score (nSPS) is 11.9. The van der Waals surface area contributed by atoms with Crippen LogP contribution in [-0.2, 0) is 9.84 Å². The maximum Gasteiger partial charge on any atom is 0.501 e. The molecule has 86 valence electrons. The summed E-state index contributed by atoms with van der Waals surface area (Å²) in [6, 6.07) is 4.93. The summed E-state index contributed by atoms with van der Waals surface area (Å²) in [4.78, 5) is 0. The van der Waals surface area contributed by atoms with Gasteiger partial charge in [0.2, 0.25) is 0 Å². The molecule has 0 bridgehead atoms. The van der Waals surface area contributed by atoms with Gasteiger partial charge in [-0.1, -0.05) is 12.1 Å². The van der Waals surface area contributed by atoms with Gasteiger partial charge in [-0.25, -0.2) is 8.42 Å². The maximum absolute atomic E-state index is 12.0. The molecule has 1 aromatic carbocycles. The predicted molar refractivity (Wildman–Crippen MR) is 52.0 cm³/mol. The highest BCUT2D eigenvalue weighted by atomic mass is 32.2. The Morgan fingerprint density at radius 1 is 1.19 bits per heavy atom. The van der Waals surface area contributed by atoms with Crippen LogP contribution in [0.15, 0.2) is 24.3 Å². The number of alkyl halides is 3. The number of nitrogens with one attached hydrogen (secondary N) is 1. The molecule has 0 aliphatic rings. The average molecular weight is 249 g/mol. The van der Waals surface area contributed by atoms with E-state index in [-0.39, 0.29) is 10.6 Å². The van der Waals surface area contributed by atoms with Gasteiger partial charge in [0, 0.05) is 10.6 Å². The van der Waals surface area contributed by atoms with Gasteiger partial charge in [0.25, 0.3) is 9.84 Å². The first-order valence-corrected chi connectivity index (χ1v) is 5.50. The first-order valence-electron chi connectivity index (χ1n) is 3.95. The van der Waals surface area contributed by atoms with Crippen LogP contribution in [0.3, 0.4) is 0 Å². The molecular formula is C9H6F3NO2S. The third-order valence-electron chi connectivity index (χ3n) is 1.67. The van der Waals surface area contributed by atoms with Gasteiger partial charge in [0.1, 0.15) is 0 Å². The minimum atomic E-state index is -5.29. The standard InChI is InChI=1S/C9H6F3NO2S/c10-9(11,12)16(14,15)6-8-3-1-7(5-13)2-4-8/h1-4,6,13H. The molecule has 0 heterocycles. The quantitative estimate of drug-likeness (QED) is 0.727. The minimum absolute atomic E-state index is 0.101. The van der Waals surface area contributed by atoms with Gasteiger partial charge in [-0.3, -0.25) is 5.41 Å². The van der Waals surface area contributed by atoms with Gasteiger partial charge in [0.05, 0.1) is 0 Å². The van der Waals surface area contributed by atoms with Crippen LogP contribution in [0.1, 0.15) is 0 Å². The molecule has 3 nitrogen and oxygen atoms in total. The molecule has 0 amide bonds. The lowest BCUT2D eigenvalue weighted by molar-refractivity contribution is -0.0418. The molecule has 16 heavy (non-hydrogen) atoms. The van der Waals surface area contributed by atoms with E-state index in [0.717, 1.165) is 0 Å². The first-order chi connectivity index (χ1) is 7.26. The number of rotatable bonds is 1. The summed E-state index contributed by atoms with van der Waals surface area (Å²) in [7, 11) is -5.26. The van der Waals surface area contributed by atoms with Crippen molar-refractivity contribution in [1.29, 1.82) is 5.41 Å². The second-order valence-electron chi connectivity index (χ2n) is 2.86. The van der Waals surface area contributed by atoms with E-state index in [0.29, 0.717) is 5.22 Å². The first kappa shape index (κ1) is 12.5. The molecule has 0 saturated heterocycles. The van der Waals surface area contributed by atoms with E-state index < -0.39 is 15.3 Å². The van der Waals surface area contributed by atoms with Crippen molar-refractivity contribution < 1.29 is 21.6 Å². The van der Waals surface area contributed by atoms with Crippen LogP contribution < -0.4 is 10.4 Å². The van der Waals surface area contributed by atoms with Gasteiger partial charge in [-0.15, -0.1) is 0 Å². The van der Waals surface area contributed by atoms with Crippen molar-refractivity contribution >= 4 is 21.1 Å². The highest BCUT2D eigenvalue weighted by molar-refractivity contribution is 7.99. The SMILES string of the molecule is N=C=c1ccc(=CS(=O)(=O)C(F)(F)F)cc1. The average Bonchev–Trinajstić information content (AvgIpc) is 2.16. The monoisotopic (exact) mass is 249 g/mol. The largest absolute Gasteiger partial charge is 0.501 e. The summed E-state index contributed by atoms with van der Waals surface area (Å²) < 4.78 is 57.5. The summed E-state index contributed by atoms with van der Waals surface area (Å²) >= 11 is 0. The molecular weight excluding hydrogens is 243 g/mol. The number of sulfone groups is 1. The Bertz CT molecular complexity index is 604. The molecule has 0 aliphatic heterocycles. The molecule has 7 heteroatoms. The molecule has 1 N–H and O–H groups in total. The van der Waals surface area contributed by atoms with E-state index in [1.807, 2.05) is 5.87 Å². The molecule has 0 atom stereocenters. The topological polar surface area (TPSA) is 58.0 Å². The third-order valence-corrected chi connectivity index (χ3v) is 2.90. The number of hydrogen-bond donors (Lipinski definition) is 1. The highest BCUT2D eigenvalue weighted by Crippen LogP contribution is 2.24. The summed E-state index contributed by atoms with van der Waals surface area (Å²) in [5, 5.41) is 7.12. The minimum Gasteiger partial charge on any atom is -0.258 e. The lowest BCUT2D eigenvalue weighted by atomic mass is 10.3. The van der Waals surface area contributed by atoms with E-state index >= 15 is 0 Å². The van der Waals surface area contributed by atoms with Crippen LogP contribution in [0, 0.1) is 5.41 Å². The molecule has 0 fully saturated rings. The van der Waals surface area contributed by atoms with Crippen molar-refractivity contribution in [3.8, 4) is 0 Å². The van der Waals surface area contributed by atoms with Crippen molar-refractivity contribution in [2.45, 2.75) is 5.51 Å². The zero-order chi connectivity index (χ0) is 12.4. The lowest BCUT2D eigenvalue weighted by Gasteiger charge is -2.02. The van der Waals surface area contributed by atoms with Gasteiger partial charge in [0.15, 0.2) is 0 Å². The van der Waals surface area contributed by atoms with Crippen LogP contribution in [-0.4, -0.2) is 19.8 Å². The highest BCUT2D eigenvalue weighted by Gasteiger charge is 2.43. The fourth-order valence-electron chi connectivity index (χ4n) is 0.891. The molecule has 0 saturated carbocycles. The molecule has 0 aromatic heterocycles. The van der Waals surface area contributed by atoms with Gasteiger partial charge in [-0.05, 0) is 23.2 Å². The molecule has 1 rings (SSSR count). The second kappa shape index (κ2) is 4.11. The molecule has 1 aromatic rings. The van der Waals surface area contributed by atoms with Crippen LogP contribution >= 0.6 is 0 Å². The smallest absolute Gasteiger partial charge is 0.258 e. The summed E-state index contributed by atoms with van der Waals surface area (Å²) in [5.41, 5.74) is -5.29. The van der Waals surface area contributed by atoms with E-state index in [1.165, 1.54) is 24.3 Å². The summed E-state index contributed by atoms with van der Waals surface area (Å²) in [6.07, 6.45) is 0. The molecule has 0 aliphatic carbocycles. The fraction of sp³-hybridized carbons (Fsp3) is 0.111. The zero-order valence-corrected chi connectivity index (χ0v) is 8.56. The Morgan fingerprint density at radius 3 is 2.06 bits per heavy atom. The molecule has 0 radical (unpaired) electrons. The van der Waals surface area contributed by atoms with E-state index in [1.54, 1.807) is 0 Å². The van der Waals surface area contributed by atoms with E-state index in [9.17, 15) is 21.6 Å². The van der Waals surface area contributed by atoms with Crippen molar-refractivity contribution in [2.24, 2.45) is 0 Å². The third kappa shape index (κ3) is 2.71. The lowest BCUT2D eigenvalue weighted by Crippen LogP contribution is -2.23. The second-order valence-corrected chi connectivity index (χ2v) is 4.64. The van der Waals surface area contributed by atoms with Gasteiger partial charge < -0.3 is 0 Å². The Hall–Kier alpha value is -1.59. The Balaban J connectivity index is 3.35. The van der Waals surface area contributed by atoms with Crippen molar-refractivity contribution in [3.05, 3.63) is 34.7 Å². The molecule has 0 spiro atoms. The van der Waals surface area contributed by atoms with Crippen molar-refractivity contribution in [3.63, 3.8) is 0 Å². The molecule has 0 unspecified atom stereocenters. The van der Waals surface area contributed by atoms with E-state index in [2.05, 4.69) is 0 Å². The fourth-order valence-corrected chi connectivity index (χ4v) is 1.54. The van der Waals surface area contributed by atoms with Crippen LogP contribution in [0.2, 0.25) is 0 Å². The van der Waals surface area contributed by atoms with E-state index in [4.69, 9.17) is 5.41 Å². The Labute approximate surface area is 89.0 Å². The number of halogens is 3.